The molecular weight excluding hydrogens is 432 g/mol. The van der Waals surface area contributed by atoms with Crippen molar-refractivity contribution in [2.75, 3.05) is 32.7 Å². The molecule has 0 aliphatic carbocycles. The molecule has 1 aliphatic heterocycles. The van der Waals surface area contributed by atoms with Crippen molar-refractivity contribution >= 4 is 17.5 Å². The van der Waals surface area contributed by atoms with E-state index in [1.54, 1.807) is 38.5 Å². The first kappa shape index (κ1) is 23.3. The fraction of sp³-hybridized carbons (Fsp3) is 0.259. The van der Waals surface area contributed by atoms with Gasteiger partial charge >= 0.3 is 0 Å². The van der Waals surface area contributed by atoms with Crippen LogP contribution in [0.25, 0.3) is 0 Å². The fourth-order valence-electron chi connectivity index (χ4n) is 3.98. The molecule has 0 spiro atoms. The van der Waals surface area contributed by atoms with Gasteiger partial charge in [-0.2, -0.15) is 0 Å². The van der Waals surface area contributed by atoms with Gasteiger partial charge in [-0.25, -0.2) is 0 Å². The third-order valence-corrected chi connectivity index (χ3v) is 5.79. The molecule has 3 aromatic rings. The Bertz CT molecular complexity index is 1160. The maximum absolute atomic E-state index is 12.8. The van der Waals surface area contributed by atoms with Gasteiger partial charge in [-0.1, -0.05) is 30.3 Å². The van der Waals surface area contributed by atoms with E-state index in [4.69, 9.17) is 14.2 Å². The summed E-state index contributed by atoms with van der Waals surface area (Å²) in [6, 6.07) is 20.3. The van der Waals surface area contributed by atoms with Crippen LogP contribution in [0.5, 0.6) is 11.5 Å². The lowest BCUT2D eigenvalue weighted by molar-refractivity contribution is -0.128. The molecule has 0 bridgehead atoms. The normalized spacial score (nSPS) is 14.6. The van der Waals surface area contributed by atoms with E-state index >= 15 is 0 Å². The molecule has 1 atom stereocenters. The van der Waals surface area contributed by atoms with E-state index in [9.17, 15) is 9.59 Å². The standard InChI is InChI=1S/C27H28N2O5/c1-32-23-12-7-18(17-24(23)33-2)13-15-28-26(30)20-8-10-21(11-9-20)29-27(31)25-22-6-4-3-5-19(22)14-16-34-25/h3-12,17,25H,13-16H2,1-2H3,(H,28,30)(H,29,31)/t25-/m1/s1. The molecule has 2 N–H and O–H groups in total. The van der Waals surface area contributed by atoms with E-state index in [1.807, 2.05) is 42.5 Å². The number of carbonyl (C=O) groups excluding carboxylic acids is 2. The van der Waals surface area contributed by atoms with Crippen LogP contribution >= 0.6 is 0 Å². The highest BCUT2D eigenvalue weighted by molar-refractivity contribution is 5.97. The number of rotatable bonds is 8. The summed E-state index contributed by atoms with van der Waals surface area (Å²) in [6.45, 7) is 0.989. The topological polar surface area (TPSA) is 85.9 Å². The van der Waals surface area contributed by atoms with Gasteiger partial charge in [0.05, 0.1) is 20.8 Å². The van der Waals surface area contributed by atoms with Gasteiger partial charge < -0.3 is 24.8 Å². The second kappa shape index (κ2) is 10.9. The van der Waals surface area contributed by atoms with E-state index in [1.165, 1.54) is 0 Å². The summed E-state index contributed by atoms with van der Waals surface area (Å²) in [4.78, 5) is 25.3. The zero-order valence-corrected chi connectivity index (χ0v) is 19.3. The van der Waals surface area contributed by atoms with E-state index < -0.39 is 6.10 Å². The molecule has 0 radical (unpaired) electrons. The lowest BCUT2D eigenvalue weighted by Crippen LogP contribution is -2.28. The van der Waals surface area contributed by atoms with Gasteiger partial charge in [0.25, 0.3) is 11.8 Å². The van der Waals surface area contributed by atoms with Crippen LogP contribution < -0.4 is 20.1 Å². The summed E-state index contributed by atoms with van der Waals surface area (Å²) in [7, 11) is 3.19. The summed E-state index contributed by atoms with van der Waals surface area (Å²) in [5.41, 5.74) is 4.19. The molecule has 0 saturated heterocycles. The van der Waals surface area contributed by atoms with Gasteiger partial charge in [0.2, 0.25) is 0 Å². The van der Waals surface area contributed by atoms with Gasteiger partial charge in [-0.05, 0) is 65.9 Å². The highest BCUT2D eigenvalue weighted by atomic mass is 16.5. The Balaban J connectivity index is 1.30. The molecule has 0 saturated carbocycles. The van der Waals surface area contributed by atoms with Crippen molar-refractivity contribution in [1.82, 2.24) is 5.32 Å². The molecule has 2 amide bonds. The first-order valence-electron chi connectivity index (χ1n) is 11.2. The molecule has 7 nitrogen and oxygen atoms in total. The first-order chi connectivity index (χ1) is 16.6. The van der Waals surface area contributed by atoms with Crippen molar-refractivity contribution in [3.8, 4) is 11.5 Å². The minimum Gasteiger partial charge on any atom is -0.493 e. The highest BCUT2D eigenvalue weighted by Crippen LogP contribution is 2.29. The zero-order valence-electron chi connectivity index (χ0n) is 19.3. The number of methoxy groups -OCH3 is 2. The molecule has 1 heterocycles. The number of carbonyl (C=O) groups is 2. The number of hydrogen-bond acceptors (Lipinski definition) is 5. The minimum absolute atomic E-state index is 0.178. The maximum atomic E-state index is 12.8. The van der Waals surface area contributed by atoms with E-state index in [0.29, 0.717) is 42.3 Å². The zero-order chi connectivity index (χ0) is 23.9. The third kappa shape index (κ3) is 5.38. The molecule has 7 heteroatoms. The maximum Gasteiger partial charge on any atom is 0.258 e. The van der Waals surface area contributed by atoms with Crippen LogP contribution in [0.2, 0.25) is 0 Å². The number of amides is 2. The molecule has 0 unspecified atom stereocenters. The van der Waals surface area contributed by atoms with Crippen molar-refractivity contribution in [2.45, 2.75) is 18.9 Å². The number of anilines is 1. The Kier molecular flexibility index (Phi) is 7.44. The van der Waals surface area contributed by atoms with Gasteiger partial charge in [0, 0.05) is 17.8 Å². The van der Waals surface area contributed by atoms with Crippen molar-refractivity contribution in [2.24, 2.45) is 0 Å². The molecule has 0 aromatic heterocycles. The van der Waals surface area contributed by atoms with Crippen LogP contribution in [0.1, 0.15) is 33.2 Å². The van der Waals surface area contributed by atoms with Crippen molar-refractivity contribution < 1.29 is 23.8 Å². The second-order valence-electron chi connectivity index (χ2n) is 7.96. The minimum atomic E-state index is -0.635. The molecule has 1 aliphatic rings. The first-order valence-corrected chi connectivity index (χ1v) is 11.2. The van der Waals surface area contributed by atoms with Crippen molar-refractivity contribution in [3.05, 3.63) is 89.0 Å². The van der Waals surface area contributed by atoms with Crippen molar-refractivity contribution in [3.63, 3.8) is 0 Å². The summed E-state index contributed by atoms with van der Waals surface area (Å²) in [5.74, 6) is 0.926. The molecule has 176 valence electrons. The average molecular weight is 461 g/mol. The summed E-state index contributed by atoms with van der Waals surface area (Å²) < 4.78 is 16.3. The van der Waals surface area contributed by atoms with Gasteiger partial charge in [-0.15, -0.1) is 0 Å². The molecule has 34 heavy (non-hydrogen) atoms. The largest absolute Gasteiger partial charge is 0.493 e. The number of ether oxygens (including phenoxy) is 3. The van der Waals surface area contributed by atoms with Gasteiger partial charge in [0.15, 0.2) is 17.6 Å². The highest BCUT2D eigenvalue weighted by Gasteiger charge is 2.27. The molecular formula is C27H28N2O5. The second-order valence-corrected chi connectivity index (χ2v) is 7.96. The van der Waals surface area contributed by atoms with E-state index in [-0.39, 0.29) is 11.8 Å². The number of benzene rings is 3. The average Bonchev–Trinajstić information content (AvgIpc) is 2.88. The molecule has 4 rings (SSSR count). The van der Waals surface area contributed by atoms with Crippen molar-refractivity contribution in [1.29, 1.82) is 0 Å². The quantitative estimate of drug-likeness (QED) is 0.532. The number of hydrogen-bond donors (Lipinski definition) is 2. The van der Waals surface area contributed by atoms with Crippen LogP contribution in [0, 0.1) is 0 Å². The molecule has 3 aromatic carbocycles. The van der Waals surface area contributed by atoms with Gasteiger partial charge in [0.1, 0.15) is 0 Å². The van der Waals surface area contributed by atoms with Crippen LogP contribution in [-0.2, 0) is 22.4 Å². The lowest BCUT2D eigenvalue weighted by Gasteiger charge is -2.25. The predicted octanol–water partition coefficient (Wildman–Crippen LogP) is 3.93. The van der Waals surface area contributed by atoms with E-state index in [0.717, 1.165) is 23.1 Å². The van der Waals surface area contributed by atoms with Crippen LogP contribution in [0.3, 0.4) is 0 Å². The summed E-state index contributed by atoms with van der Waals surface area (Å²) in [5, 5.41) is 5.80. The Morgan fingerprint density at radius 2 is 1.74 bits per heavy atom. The third-order valence-electron chi connectivity index (χ3n) is 5.79. The van der Waals surface area contributed by atoms with Crippen LogP contribution in [0.4, 0.5) is 5.69 Å². The Labute approximate surface area is 199 Å². The van der Waals surface area contributed by atoms with Gasteiger partial charge in [-0.3, -0.25) is 9.59 Å². The Morgan fingerprint density at radius 1 is 0.971 bits per heavy atom. The number of nitrogens with one attached hydrogen (secondary N) is 2. The molecule has 0 fully saturated rings. The predicted molar refractivity (Wildman–Crippen MR) is 129 cm³/mol. The van der Waals surface area contributed by atoms with Crippen LogP contribution in [-0.4, -0.2) is 39.2 Å². The Morgan fingerprint density at radius 3 is 2.50 bits per heavy atom. The summed E-state index contributed by atoms with van der Waals surface area (Å²) >= 11 is 0. The number of fused-ring (bicyclic) bond motifs is 1. The Hall–Kier alpha value is -3.84. The monoisotopic (exact) mass is 460 g/mol. The fourth-order valence-corrected chi connectivity index (χ4v) is 3.98. The smallest absolute Gasteiger partial charge is 0.258 e. The summed E-state index contributed by atoms with van der Waals surface area (Å²) in [6.07, 6.45) is 0.822. The SMILES string of the molecule is COc1ccc(CCNC(=O)c2ccc(NC(=O)[C@@H]3OCCc4ccccc43)cc2)cc1OC. The van der Waals surface area contributed by atoms with E-state index in [2.05, 4.69) is 10.6 Å². The van der Waals surface area contributed by atoms with Crippen LogP contribution in [0.15, 0.2) is 66.7 Å². The lowest BCUT2D eigenvalue weighted by atomic mass is 9.97.